The Morgan fingerprint density at radius 3 is 2.10 bits per heavy atom. The Balaban J connectivity index is 3.98. The zero-order valence-corrected chi connectivity index (χ0v) is 11.8. The molecule has 4 nitrogen and oxygen atoms in total. The Kier molecular flexibility index (Phi) is 8.42. The molecule has 2 atom stereocenters. The average Bonchev–Trinajstić information content (AvgIpc) is 2.36. The molecule has 0 radical (unpaired) electrons. The monoisotopic (exact) mass is 308 g/mol. The summed E-state index contributed by atoms with van der Waals surface area (Å²) in [5.41, 5.74) is 0. The molecule has 0 aromatic rings. The van der Waals surface area contributed by atoms with Crippen LogP contribution in [0.4, 0.5) is 13.2 Å². The molecule has 0 saturated carbocycles. The van der Waals surface area contributed by atoms with Crippen LogP contribution < -0.4 is 0 Å². The summed E-state index contributed by atoms with van der Waals surface area (Å²) in [6, 6.07) is 0. The Morgan fingerprint density at radius 2 is 1.67 bits per heavy atom. The van der Waals surface area contributed by atoms with Crippen molar-refractivity contribution < 1.29 is 32.2 Å². The second-order valence-corrected chi connectivity index (χ2v) is 4.32. The summed E-state index contributed by atoms with van der Waals surface area (Å²) in [6.45, 7) is 7.73. The molecule has 0 fully saturated rings. The van der Waals surface area contributed by atoms with Crippen molar-refractivity contribution in [2.45, 2.75) is 51.0 Å². The van der Waals surface area contributed by atoms with E-state index >= 15 is 0 Å². The highest BCUT2D eigenvalue weighted by Gasteiger charge is 2.38. The minimum atomic E-state index is -4.59. The molecule has 0 spiro atoms. The Bertz CT molecular complexity index is 377. The lowest BCUT2D eigenvalue weighted by Gasteiger charge is -2.16. The highest BCUT2D eigenvalue weighted by molar-refractivity contribution is 5.72. The molecular formula is C14H19F3O4. The molecule has 0 aliphatic carbocycles. The van der Waals surface area contributed by atoms with Crippen LogP contribution in [0.1, 0.15) is 32.6 Å². The highest BCUT2D eigenvalue weighted by atomic mass is 19.4. The maximum Gasteiger partial charge on any atom is 0.425 e. The highest BCUT2D eigenvalue weighted by Crippen LogP contribution is 2.22. The maximum atomic E-state index is 12.1. The molecule has 0 aromatic heterocycles. The summed E-state index contributed by atoms with van der Waals surface area (Å²) in [6.07, 6.45) is -4.13. The van der Waals surface area contributed by atoms with Crippen molar-refractivity contribution in [2.24, 2.45) is 0 Å². The normalized spacial score (nSPS) is 13.9. The van der Waals surface area contributed by atoms with E-state index in [0.29, 0.717) is 6.42 Å². The first-order valence-corrected chi connectivity index (χ1v) is 6.39. The minimum Gasteiger partial charge on any atom is -0.458 e. The van der Waals surface area contributed by atoms with Crippen LogP contribution in [-0.2, 0) is 19.1 Å². The molecule has 0 N–H and O–H groups in total. The van der Waals surface area contributed by atoms with Gasteiger partial charge in [0.05, 0.1) is 0 Å². The Hall–Kier alpha value is -1.79. The number of hydrogen-bond donors (Lipinski definition) is 0. The summed E-state index contributed by atoms with van der Waals surface area (Å²) in [4.78, 5) is 22.6. The van der Waals surface area contributed by atoms with Crippen LogP contribution in [-0.4, -0.2) is 30.3 Å². The molecule has 0 aromatic carbocycles. The molecule has 0 heterocycles. The van der Waals surface area contributed by atoms with Crippen LogP contribution >= 0.6 is 0 Å². The fourth-order valence-corrected chi connectivity index (χ4v) is 1.28. The van der Waals surface area contributed by atoms with E-state index in [-0.39, 0.29) is 19.3 Å². The van der Waals surface area contributed by atoms with Gasteiger partial charge in [-0.25, -0.2) is 0 Å². The number of carbonyl (C=O) groups excluding carboxylic acids is 2. The molecule has 0 bridgehead atoms. The standard InChI is InChI=1S/C14H19F3O4/c1-4-7-11(5-2)21-13(19)9-6-8-12(18)20-10(3)14(15,16)17/h4-5,10-11H,1-2,6-9H2,3H3. The van der Waals surface area contributed by atoms with Crippen molar-refractivity contribution in [3.63, 3.8) is 0 Å². The zero-order chi connectivity index (χ0) is 16.5. The largest absolute Gasteiger partial charge is 0.458 e. The van der Waals surface area contributed by atoms with Gasteiger partial charge in [-0.1, -0.05) is 18.7 Å². The van der Waals surface area contributed by atoms with Crippen molar-refractivity contribution in [1.29, 1.82) is 0 Å². The minimum absolute atomic E-state index is 0.0557. The SMILES string of the molecule is C=CCC(C=C)OC(=O)CCCC(=O)OC(C)C(F)(F)F. The van der Waals surface area contributed by atoms with Gasteiger partial charge >= 0.3 is 18.1 Å². The molecule has 2 unspecified atom stereocenters. The fraction of sp³-hybridized carbons (Fsp3) is 0.571. The Labute approximate surface area is 121 Å². The molecule has 0 rings (SSSR count). The van der Waals surface area contributed by atoms with Crippen molar-refractivity contribution >= 4 is 11.9 Å². The van der Waals surface area contributed by atoms with Gasteiger partial charge in [0.25, 0.3) is 0 Å². The topological polar surface area (TPSA) is 52.6 Å². The van der Waals surface area contributed by atoms with Crippen LogP contribution in [0.5, 0.6) is 0 Å². The lowest BCUT2D eigenvalue weighted by Crippen LogP contribution is -2.30. The smallest absolute Gasteiger partial charge is 0.425 e. The van der Waals surface area contributed by atoms with Gasteiger partial charge in [0, 0.05) is 19.3 Å². The van der Waals surface area contributed by atoms with Crippen LogP contribution in [0.25, 0.3) is 0 Å². The van der Waals surface area contributed by atoms with E-state index in [4.69, 9.17) is 4.74 Å². The first-order valence-electron chi connectivity index (χ1n) is 6.39. The van der Waals surface area contributed by atoms with Gasteiger partial charge in [-0.2, -0.15) is 13.2 Å². The van der Waals surface area contributed by atoms with Gasteiger partial charge in [0.1, 0.15) is 6.10 Å². The third kappa shape index (κ3) is 8.88. The molecule has 21 heavy (non-hydrogen) atoms. The number of rotatable bonds is 9. The lowest BCUT2D eigenvalue weighted by molar-refractivity contribution is -0.216. The summed E-state index contributed by atoms with van der Waals surface area (Å²) in [7, 11) is 0. The lowest BCUT2D eigenvalue weighted by atomic mass is 10.2. The number of ether oxygens (including phenoxy) is 2. The molecule has 0 amide bonds. The fourth-order valence-electron chi connectivity index (χ4n) is 1.28. The predicted molar refractivity (Wildman–Crippen MR) is 70.4 cm³/mol. The average molecular weight is 308 g/mol. The molecule has 0 aliphatic rings. The van der Waals surface area contributed by atoms with E-state index in [0.717, 1.165) is 6.92 Å². The zero-order valence-electron chi connectivity index (χ0n) is 11.8. The summed E-state index contributed by atoms with van der Waals surface area (Å²) in [5, 5.41) is 0. The quantitative estimate of drug-likeness (QED) is 0.484. The van der Waals surface area contributed by atoms with Crippen molar-refractivity contribution in [2.75, 3.05) is 0 Å². The number of alkyl halides is 3. The number of esters is 2. The van der Waals surface area contributed by atoms with Crippen LogP contribution in [0.3, 0.4) is 0 Å². The second-order valence-electron chi connectivity index (χ2n) is 4.32. The predicted octanol–water partition coefficient (Wildman–Crippen LogP) is 3.32. The van der Waals surface area contributed by atoms with Crippen LogP contribution in [0.2, 0.25) is 0 Å². The van der Waals surface area contributed by atoms with Gasteiger partial charge in [-0.15, -0.1) is 6.58 Å². The summed E-state index contributed by atoms with van der Waals surface area (Å²) in [5.74, 6) is -1.56. The van der Waals surface area contributed by atoms with E-state index in [1.165, 1.54) is 6.08 Å². The van der Waals surface area contributed by atoms with Gasteiger partial charge < -0.3 is 9.47 Å². The Morgan fingerprint density at radius 1 is 1.14 bits per heavy atom. The number of hydrogen-bond acceptors (Lipinski definition) is 4. The second kappa shape index (κ2) is 9.20. The van der Waals surface area contributed by atoms with Crippen molar-refractivity contribution in [1.82, 2.24) is 0 Å². The summed E-state index contributed by atoms with van der Waals surface area (Å²) >= 11 is 0. The molecular weight excluding hydrogens is 289 g/mol. The van der Waals surface area contributed by atoms with E-state index in [1.807, 2.05) is 0 Å². The van der Waals surface area contributed by atoms with E-state index in [1.54, 1.807) is 6.08 Å². The first-order chi connectivity index (χ1) is 9.70. The molecule has 0 aliphatic heterocycles. The van der Waals surface area contributed by atoms with Gasteiger partial charge in [0.15, 0.2) is 6.10 Å². The number of halogens is 3. The van der Waals surface area contributed by atoms with Gasteiger partial charge in [0.2, 0.25) is 0 Å². The molecule has 7 heteroatoms. The maximum absolute atomic E-state index is 12.1. The van der Waals surface area contributed by atoms with Crippen LogP contribution in [0, 0.1) is 0 Å². The van der Waals surface area contributed by atoms with Gasteiger partial charge in [-0.3, -0.25) is 9.59 Å². The van der Waals surface area contributed by atoms with Crippen LogP contribution in [0.15, 0.2) is 25.3 Å². The number of carbonyl (C=O) groups is 2. The molecule has 120 valence electrons. The van der Waals surface area contributed by atoms with Crippen molar-refractivity contribution in [3.05, 3.63) is 25.3 Å². The van der Waals surface area contributed by atoms with E-state index in [2.05, 4.69) is 17.9 Å². The van der Waals surface area contributed by atoms with E-state index < -0.39 is 30.3 Å². The summed E-state index contributed by atoms with van der Waals surface area (Å²) < 4.78 is 45.6. The third-order valence-electron chi connectivity index (χ3n) is 2.48. The third-order valence-corrected chi connectivity index (χ3v) is 2.48. The molecule has 0 saturated heterocycles. The first kappa shape index (κ1) is 19.2. The van der Waals surface area contributed by atoms with Crippen molar-refractivity contribution in [3.8, 4) is 0 Å². The van der Waals surface area contributed by atoms with E-state index in [9.17, 15) is 22.8 Å². The van der Waals surface area contributed by atoms with Gasteiger partial charge in [-0.05, 0) is 13.3 Å².